The van der Waals surface area contributed by atoms with Crippen LogP contribution in [0.15, 0.2) is 23.7 Å². The first-order chi connectivity index (χ1) is 8.13. The van der Waals surface area contributed by atoms with Crippen LogP contribution in [0.25, 0.3) is 0 Å². The molecule has 0 aliphatic carbocycles. The maximum Gasteiger partial charge on any atom is 0.118 e. The van der Waals surface area contributed by atoms with Gasteiger partial charge in [-0.3, -0.25) is 0 Å². The lowest BCUT2D eigenvalue weighted by atomic mass is 10.1. The Bertz CT molecular complexity index is 527. The molecule has 1 aromatic carbocycles. The predicted molar refractivity (Wildman–Crippen MR) is 72.2 cm³/mol. The summed E-state index contributed by atoms with van der Waals surface area (Å²) in [6.07, 6.45) is -0.141. The van der Waals surface area contributed by atoms with Crippen molar-refractivity contribution < 1.29 is 4.74 Å². The smallest absolute Gasteiger partial charge is 0.118 e. The summed E-state index contributed by atoms with van der Waals surface area (Å²) in [7, 11) is 1.67. The fourth-order valence-electron chi connectivity index (χ4n) is 1.63. The predicted octanol–water partition coefficient (Wildman–Crippen LogP) is 4.49. The summed E-state index contributed by atoms with van der Waals surface area (Å²) in [6.45, 7) is 1.97. The van der Waals surface area contributed by atoms with Crippen molar-refractivity contribution in [3.8, 4) is 0 Å². The average Bonchev–Trinajstić information content (AvgIpc) is 2.71. The quantitative estimate of drug-likeness (QED) is 0.830. The van der Waals surface area contributed by atoms with Crippen LogP contribution in [0, 0.1) is 6.92 Å². The van der Waals surface area contributed by atoms with Crippen molar-refractivity contribution in [1.82, 2.24) is 4.98 Å². The molecule has 2 rings (SSSR count). The Morgan fingerprint density at radius 2 is 2.06 bits per heavy atom. The van der Waals surface area contributed by atoms with E-state index in [-0.39, 0.29) is 6.10 Å². The molecule has 1 heterocycles. The number of thiazole rings is 1. The second-order valence-corrected chi connectivity index (χ2v) is 5.29. The zero-order valence-electron chi connectivity index (χ0n) is 9.41. The van der Waals surface area contributed by atoms with E-state index < -0.39 is 0 Å². The third-order valence-electron chi connectivity index (χ3n) is 2.50. The maximum absolute atomic E-state index is 6.02. The highest BCUT2D eigenvalue weighted by molar-refractivity contribution is 7.09. The molecule has 0 saturated heterocycles. The fourth-order valence-corrected chi connectivity index (χ4v) is 2.84. The van der Waals surface area contributed by atoms with Crippen LogP contribution in [0.5, 0.6) is 0 Å². The van der Waals surface area contributed by atoms with Gasteiger partial charge < -0.3 is 4.74 Å². The van der Waals surface area contributed by atoms with Gasteiger partial charge in [0, 0.05) is 7.11 Å². The highest BCUT2D eigenvalue weighted by Gasteiger charge is 2.18. The Hall–Kier alpha value is -0.610. The summed E-state index contributed by atoms with van der Waals surface area (Å²) in [5.74, 6) is 0. The van der Waals surface area contributed by atoms with E-state index in [9.17, 15) is 0 Å². The van der Waals surface area contributed by atoms with E-state index in [1.165, 1.54) is 0 Å². The lowest BCUT2D eigenvalue weighted by Gasteiger charge is -2.15. The minimum atomic E-state index is -0.141. The van der Waals surface area contributed by atoms with Crippen LogP contribution >= 0.6 is 34.5 Å². The van der Waals surface area contributed by atoms with Crippen molar-refractivity contribution in [2.24, 2.45) is 0 Å². The Kier molecular flexibility index (Phi) is 4.05. The molecule has 2 nitrogen and oxygen atoms in total. The Labute approximate surface area is 114 Å². The molecule has 0 saturated carbocycles. The first-order valence-electron chi connectivity index (χ1n) is 5.01. The molecule has 0 spiro atoms. The van der Waals surface area contributed by atoms with Crippen LogP contribution in [0.3, 0.4) is 0 Å². The summed E-state index contributed by atoms with van der Waals surface area (Å²) in [5.41, 5.74) is 3.77. The minimum absolute atomic E-state index is 0.141. The van der Waals surface area contributed by atoms with E-state index in [4.69, 9.17) is 27.9 Å². The number of aryl methyl sites for hydroxylation is 1. The van der Waals surface area contributed by atoms with Gasteiger partial charge in [-0.2, -0.15) is 0 Å². The summed E-state index contributed by atoms with van der Waals surface area (Å²) in [6, 6.07) is 5.53. The van der Waals surface area contributed by atoms with Crippen LogP contribution in [-0.2, 0) is 4.74 Å². The number of hydrogen-bond donors (Lipinski definition) is 0. The molecule has 0 fully saturated rings. The van der Waals surface area contributed by atoms with Gasteiger partial charge in [0.2, 0.25) is 0 Å². The molecular formula is C12H11Cl2NOS. The van der Waals surface area contributed by atoms with Gasteiger partial charge in [-0.1, -0.05) is 29.3 Å². The number of benzene rings is 1. The monoisotopic (exact) mass is 287 g/mol. The molecule has 1 unspecified atom stereocenters. The largest absolute Gasteiger partial charge is 0.371 e. The normalized spacial score (nSPS) is 12.7. The number of hydrogen-bond acceptors (Lipinski definition) is 3. The van der Waals surface area contributed by atoms with Gasteiger partial charge in [0.1, 0.15) is 6.10 Å². The summed E-state index contributed by atoms with van der Waals surface area (Å²) in [4.78, 5) is 5.32. The Morgan fingerprint density at radius 3 is 2.59 bits per heavy atom. The second-order valence-electron chi connectivity index (χ2n) is 3.59. The van der Waals surface area contributed by atoms with E-state index >= 15 is 0 Å². The second kappa shape index (κ2) is 5.36. The number of rotatable bonds is 3. The number of methoxy groups -OCH3 is 1. The molecule has 1 atom stereocenters. The van der Waals surface area contributed by atoms with Crippen molar-refractivity contribution in [1.29, 1.82) is 0 Å². The van der Waals surface area contributed by atoms with Gasteiger partial charge >= 0.3 is 0 Å². The first kappa shape index (κ1) is 12.8. The Morgan fingerprint density at radius 1 is 1.29 bits per heavy atom. The molecule has 0 N–H and O–H groups in total. The summed E-state index contributed by atoms with van der Waals surface area (Å²) < 4.78 is 5.53. The van der Waals surface area contributed by atoms with Crippen molar-refractivity contribution >= 4 is 34.5 Å². The average molecular weight is 288 g/mol. The topological polar surface area (TPSA) is 22.1 Å². The third-order valence-corrected chi connectivity index (χ3v) is 4.22. The molecule has 17 heavy (non-hydrogen) atoms. The van der Waals surface area contributed by atoms with Gasteiger partial charge in [-0.25, -0.2) is 4.98 Å². The van der Waals surface area contributed by atoms with E-state index in [2.05, 4.69) is 4.98 Å². The molecular weight excluding hydrogens is 277 g/mol. The number of halogens is 2. The number of nitrogens with zero attached hydrogens (tertiary/aromatic N) is 1. The zero-order valence-corrected chi connectivity index (χ0v) is 11.7. The molecule has 1 aromatic heterocycles. The van der Waals surface area contributed by atoms with E-state index in [1.807, 2.05) is 24.6 Å². The van der Waals surface area contributed by atoms with Gasteiger partial charge in [0.25, 0.3) is 0 Å². The molecule has 0 aliphatic rings. The molecule has 2 aromatic rings. The SMILES string of the molecule is COC(c1ccc(Cl)c(Cl)c1)c1scnc1C. The van der Waals surface area contributed by atoms with Crippen LogP contribution in [0.2, 0.25) is 10.0 Å². The highest BCUT2D eigenvalue weighted by atomic mass is 35.5. The maximum atomic E-state index is 6.02. The van der Waals surface area contributed by atoms with Crippen LogP contribution in [0.1, 0.15) is 22.2 Å². The lowest BCUT2D eigenvalue weighted by molar-refractivity contribution is 0.138. The molecule has 90 valence electrons. The standard InChI is InChI=1S/C12H11Cl2NOS/c1-7-12(17-6-15-7)11(16-2)8-3-4-9(13)10(14)5-8/h3-6,11H,1-2H3. The van der Waals surface area contributed by atoms with Gasteiger partial charge in [-0.15, -0.1) is 11.3 Å². The summed E-state index contributed by atoms with van der Waals surface area (Å²) >= 11 is 13.5. The molecule has 0 radical (unpaired) electrons. The van der Waals surface area contributed by atoms with Crippen molar-refractivity contribution in [2.45, 2.75) is 13.0 Å². The first-order valence-corrected chi connectivity index (χ1v) is 6.64. The molecule has 5 heteroatoms. The van der Waals surface area contributed by atoms with Crippen molar-refractivity contribution in [3.63, 3.8) is 0 Å². The zero-order chi connectivity index (χ0) is 12.4. The highest BCUT2D eigenvalue weighted by Crippen LogP contribution is 2.33. The van der Waals surface area contributed by atoms with Crippen molar-refractivity contribution in [3.05, 3.63) is 49.9 Å². The minimum Gasteiger partial charge on any atom is -0.371 e. The van der Waals surface area contributed by atoms with E-state index in [0.717, 1.165) is 16.1 Å². The van der Waals surface area contributed by atoms with Crippen LogP contribution in [0.4, 0.5) is 0 Å². The number of ether oxygens (including phenoxy) is 1. The van der Waals surface area contributed by atoms with Gasteiger partial charge in [-0.05, 0) is 24.6 Å². The van der Waals surface area contributed by atoms with Gasteiger partial charge in [0.15, 0.2) is 0 Å². The van der Waals surface area contributed by atoms with Crippen molar-refractivity contribution in [2.75, 3.05) is 7.11 Å². The molecule has 0 bridgehead atoms. The molecule has 0 aliphatic heterocycles. The third kappa shape index (κ3) is 2.63. The number of aromatic nitrogens is 1. The van der Waals surface area contributed by atoms with E-state index in [0.29, 0.717) is 10.0 Å². The Balaban J connectivity index is 2.42. The fraction of sp³-hybridized carbons (Fsp3) is 0.250. The van der Waals surface area contributed by atoms with E-state index in [1.54, 1.807) is 24.5 Å². The molecule has 0 amide bonds. The summed E-state index contributed by atoms with van der Waals surface area (Å²) in [5, 5.41) is 1.08. The van der Waals surface area contributed by atoms with Gasteiger partial charge in [0.05, 0.1) is 26.1 Å². The van der Waals surface area contributed by atoms with Crippen LogP contribution < -0.4 is 0 Å². The lowest BCUT2D eigenvalue weighted by Crippen LogP contribution is -2.03. The van der Waals surface area contributed by atoms with Crippen LogP contribution in [-0.4, -0.2) is 12.1 Å².